The molecule has 0 radical (unpaired) electrons. The Morgan fingerprint density at radius 2 is 1.93 bits per heavy atom. The first-order valence-electron chi connectivity index (χ1n) is 9.49. The van der Waals surface area contributed by atoms with Crippen LogP contribution in [0, 0.1) is 6.92 Å². The minimum atomic E-state index is -3.56. The van der Waals surface area contributed by atoms with E-state index in [2.05, 4.69) is 21.8 Å². The highest BCUT2D eigenvalue weighted by atomic mass is 32.2. The molecule has 2 aromatic rings. The zero-order valence-electron chi connectivity index (χ0n) is 16.4. The summed E-state index contributed by atoms with van der Waals surface area (Å²) in [6, 6.07) is 15.1. The van der Waals surface area contributed by atoms with Crippen LogP contribution in [0.4, 0.5) is 0 Å². The van der Waals surface area contributed by atoms with E-state index in [1.54, 1.807) is 25.3 Å². The van der Waals surface area contributed by atoms with Crippen molar-refractivity contribution in [3.8, 4) is 5.75 Å². The van der Waals surface area contributed by atoms with Gasteiger partial charge < -0.3 is 9.47 Å². The first kappa shape index (κ1) is 20.8. The highest BCUT2D eigenvalue weighted by Gasteiger charge is 2.27. The molecule has 2 aromatic carbocycles. The zero-order chi connectivity index (χ0) is 20.0. The van der Waals surface area contributed by atoms with Gasteiger partial charge in [-0.25, -0.2) is 13.1 Å². The molecule has 0 unspecified atom stereocenters. The second kappa shape index (κ2) is 9.52. The molecule has 152 valence electrons. The van der Waals surface area contributed by atoms with Crippen molar-refractivity contribution in [2.24, 2.45) is 0 Å². The van der Waals surface area contributed by atoms with Crippen LogP contribution in [0.1, 0.15) is 17.5 Å². The average molecular weight is 405 g/mol. The number of methoxy groups -OCH3 is 1. The van der Waals surface area contributed by atoms with E-state index >= 15 is 0 Å². The number of ether oxygens (including phenoxy) is 2. The van der Waals surface area contributed by atoms with Crippen molar-refractivity contribution in [2.45, 2.75) is 30.8 Å². The van der Waals surface area contributed by atoms with Gasteiger partial charge in [0, 0.05) is 32.8 Å². The number of benzene rings is 2. The maximum absolute atomic E-state index is 12.8. The lowest BCUT2D eigenvalue weighted by Crippen LogP contribution is -2.37. The molecule has 1 heterocycles. The van der Waals surface area contributed by atoms with Crippen molar-refractivity contribution in [1.29, 1.82) is 0 Å². The fourth-order valence-electron chi connectivity index (χ4n) is 3.39. The molecule has 1 atom stereocenters. The van der Waals surface area contributed by atoms with Crippen LogP contribution in [-0.2, 0) is 21.3 Å². The molecule has 7 heteroatoms. The van der Waals surface area contributed by atoms with Gasteiger partial charge in [-0.05, 0) is 42.7 Å². The first-order chi connectivity index (χ1) is 13.5. The number of hydrogen-bond acceptors (Lipinski definition) is 5. The van der Waals surface area contributed by atoms with Crippen molar-refractivity contribution >= 4 is 10.0 Å². The summed E-state index contributed by atoms with van der Waals surface area (Å²) in [4.78, 5) is 2.55. The molecular formula is C21H28N2O4S. The molecule has 0 aromatic heterocycles. The molecule has 1 aliphatic rings. The second-order valence-corrected chi connectivity index (χ2v) is 8.81. The normalized spacial score (nSPS) is 17.7. The van der Waals surface area contributed by atoms with E-state index in [9.17, 15) is 8.42 Å². The van der Waals surface area contributed by atoms with E-state index in [1.807, 2.05) is 25.1 Å². The summed E-state index contributed by atoms with van der Waals surface area (Å²) in [5.74, 6) is 0.672. The van der Waals surface area contributed by atoms with E-state index in [-0.39, 0.29) is 10.9 Å². The monoisotopic (exact) mass is 404 g/mol. The predicted molar refractivity (Wildman–Crippen MR) is 109 cm³/mol. The Kier molecular flexibility index (Phi) is 7.07. The smallest absolute Gasteiger partial charge is 0.240 e. The van der Waals surface area contributed by atoms with E-state index in [0.29, 0.717) is 25.5 Å². The molecule has 28 heavy (non-hydrogen) atoms. The first-order valence-corrected chi connectivity index (χ1v) is 11.0. The topological polar surface area (TPSA) is 67.9 Å². The summed E-state index contributed by atoms with van der Waals surface area (Å²) in [5, 5.41) is 0. The molecule has 3 rings (SSSR count). The maximum Gasteiger partial charge on any atom is 0.240 e. The molecule has 0 aliphatic carbocycles. The van der Waals surface area contributed by atoms with E-state index in [1.165, 1.54) is 5.56 Å². The minimum absolute atomic E-state index is 0.0772. The largest absolute Gasteiger partial charge is 0.491 e. The third-order valence-electron chi connectivity index (χ3n) is 4.84. The van der Waals surface area contributed by atoms with E-state index < -0.39 is 10.0 Å². The zero-order valence-corrected chi connectivity index (χ0v) is 17.2. The summed E-state index contributed by atoms with van der Waals surface area (Å²) in [6.45, 7) is 5.20. The molecule has 0 bridgehead atoms. The molecule has 1 N–H and O–H groups in total. The summed E-state index contributed by atoms with van der Waals surface area (Å²) >= 11 is 0. The van der Waals surface area contributed by atoms with Gasteiger partial charge in [-0.15, -0.1) is 0 Å². The van der Waals surface area contributed by atoms with Crippen LogP contribution in [0.25, 0.3) is 0 Å². The van der Waals surface area contributed by atoms with Crippen molar-refractivity contribution in [1.82, 2.24) is 9.62 Å². The predicted octanol–water partition coefficient (Wildman–Crippen LogP) is 2.57. The Hall–Kier alpha value is -1.93. The fraction of sp³-hybridized carbons (Fsp3) is 0.429. The van der Waals surface area contributed by atoms with Gasteiger partial charge in [-0.2, -0.15) is 0 Å². The Labute approximate surface area is 167 Å². The fourth-order valence-corrected chi connectivity index (χ4v) is 4.73. The van der Waals surface area contributed by atoms with E-state index in [0.717, 1.165) is 25.1 Å². The lowest BCUT2D eigenvalue weighted by molar-refractivity contribution is 0.146. The maximum atomic E-state index is 12.8. The number of aryl methyl sites for hydroxylation is 1. The number of hydrogen-bond donors (Lipinski definition) is 1. The van der Waals surface area contributed by atoms with Gasteiger partial charge >= 0.3 is 0 Å². The van der Waals surface area contributed by atoms with Gasteiger partial charge in [0.1, 0.15) is 12.4 Å². The quantitative estimate of drug-likeness (QED) is 0.651. The van der Waals surface area contributed by atoms with Crippen LogP contribution in [0.15, 0.2) is 53.4 Å². The Balaban J connectivity index is 1.58. The molecule has 1 aliphatic heterocycles. The van der Waals surface area contributed by atoms with Gasteiger partial charge in [-0.3, -0.25) is 4.90 Å². The van der Waals surface area contributed by atoms with Gasteiger partial charge in [0.2, 0.25) is 10.0 Å². The standard InChI is InChI=1S/C21H28N2O4S/c1-17-14-20(8-9-21(17)27-13-12-26-2)28(24,25)22-19-10-11-23(16-19)15-18-6-4-3-5-7-18/h3-9,14,19,22H,10-13,15-16H2,1-2H3/t19-/m1/s1. The SMILES string of the molecule is COCCOc1ccc(S(=O)(=O)N[C@@H]2CCN(Cc3ccccc3)C2)cc1C. The van der Waals surface area contributed by atoms with Gasteiger partial charge in [0.15, 0.2) is 0 Å². The molecular weight excluding hydrogens is 376 g/mol. The third-order valence-corrected chi connectivity index (χ3v) is 6.36. The molecule has 1 fully saturated rings. The summed E-state index contributed by atoms with van der Waals surface area (Å²) in [7, 11) is -1.95. The summed E-state index contributed by atoms with van der Waals surface area (Å²) in [5.41, 5.74) is 2.03. The number of sulfonamides is 1. The number of likely N-dealkylation sites (tertiary alicyclic amines) is 1. The summed E-state index contributed by atoms with van der Waals surface area (Å²) < 4.78 is 39.0. The van der Waals surface area contributed by atoms with Crippen LogP contribution < -0.4 is 9.46 Å². The Morgan fingerprint density at radius 1 is 1.14 bits per heavy atom. The molecule has 0 spiro atoms. The van der Waals surface area contributed by atoms with Crippen LogP contribution in [0.3, 0.4) is 0 Å². The van der Waals surface area contributed by atoms with Gasteiger partial charge in [-0.1, -0.05) is 30.3 Å². The minimum Gasteiger partial charge on any atom is -0.491 e. The van der Waals surface area contributed by atoms with Crippen molar-refractivity contribution < 1.29 is 17.9 Å². The third kappa shape index (κ3) is 5.54. The van der Waals surface area contributed by atoms with Crippen molar-refractivity contribution in [3.63, 3.8) is 0 Å². The average Bonchev–Trinajstić information content (AvgIpc) is 3.10. The molecule has 0 saturated carbocycles. The summed E-state index contributed by atoms with van der Waals surface area (Å²) in [6.07, 6.45) is 0.809. The Morgan fingerprint density at radius 3 is 2.64 bits per heavy atom. The van der Waals surface area contributed by atoms with Crippen molar-refractivity contribution in [3.05, 3.63) is 59.7 Å². The highest BCUT2D eigenvalue weighted by molar-refractivity contribution is 7.89. The molecule has 1 saturated heterocycles. The second-order valence-electron chi connectivity index (χ2n) is 7.10. The molecule has 6 nitrogen and oxygen atoms in total. The number of rotatable bonds is 9. The molecule has 0 amide bonds. The van der Waals surface area contributed by atoms with Gasteiger partial charge in [0.05, 0.1) is 11.5 Å². The van der Waals surface area contributed by atoms with Crippen LogP contribution >= 0.6 is 0 Å². The van der Waals surface area contributed by atoms with E-state index in [4.69, 9.17) is 9.47 Å². The number of nitrogens with zero attached hydrogens (tertiary/aromatic N) is 1. The lowest BCUT2D eigenvalue weighted by Gasteiger charge is -2.17. The van der Waals surface area contributed by atoms with Gasteiger partial charge in [0.25, 0.3) is 0 Å². The Bertz CT molecular complexity index is 871. The van der Waals surface area contributed by atoms with Crippen LogP contribution in [0.2, 0.25) is 0 Å². The van der Waals surface area contributed by atoms with Crippen molar-refractivity contribution in [2.75, 3.05) is 33.4 Å². The van der Waals surface area contributed by atoms with Crippen LogP contribution in [-0.4, -0.2) is 52.8 Å². The number of nitrogens with one attached hydrogen (secondary N) is 1. The lowest BCUT2D eigenvalue weighted by atomic mass is 10.2. The van der Waals surface area contributed by atoms with Crippen LogP contribution in [0.5, 0.6) is 5.75 Å². The highest BCUT2D eigenvalue weighted by Crippen LogP contribution is 2.23.